The van der Waals surface area contributed by atoms with Crippen LogP contribution >= 0.6 is 11.3 Å². The summed E-state index contributed by atoms with van der Waals surface area (Å²) in [5, 5.41) is 10.1. The maximum atomic E-state index is 11.1. The molecule has 0 saturated heterocycles. The van der Waals surface area contributed by atoms with Crippen molar-refractivity contribution in [2.24, 2.45) is 0 Å². The molecule has 0 spiro atoms. The smallest absolute Gasteiger partial charge is 0.347 e. The van der Waals surface area contributed by atoms with Crippen LogP contribution in [0.25, 0.3) is 10.6 Å². The van der Waals surface area contributed by atoms with E-state index < -0.39 is 11.6 Å². The molecule has 3 rings (SSSR count). The first-order chi connectivity index (χ1) is 13.3. The second-order valence-electron chi connectivity index (χ2n) is 6.88. The zero-order valence-electron chi connectivity index (χ0n) is 16.1. The van der Waals surface area contributed by atoms with Crippen molar-refractivity contribution < 1.29 is 19.4 Å². The standard InChI is InChI=1S/C22H23NO4S/c1-15-19(23-20(28-15)16-7-5-4-6-8-16)13-14-26-17-9-11-18(12-10-17)27-22(2,3)21(24)25/h4-12H,13-14H2,1-3H3,(H,24,25). The molecule has 1 N–H and O–H groups in total. The van der Waals surface area contributed by atoms with Gasteiger partial charge in [0, 0.05) is 16.9 Å². The summed E-state index contributed by atoms with van der Waals surface area (Å²) in [6.07, 6.45) is 0.722. The molecule has 146 valence electrons. The summed E-state index contributed by atoms with van der Waals surface area (Å²) < 4.78 is 11.3. The number of thiazole rings is 1. The lowest BCUT2D eigenvalue weighted by Gasteiger charge is -2.21. The number of rotatable bonds is 8. The van der Waals surface area contributed by atoms with E-state index in [4.69, 9.17) is 19.6 Å². The first kappa shape index (κ1) is 19.9. The van der Waals surface area contributed by atoms with Crippen molar-refractivity contribution in [1.82, 2.24) is 4.98 Å². The number of carboxylic acid groups (broad SMARTS) is 1. The first-order valence-electron chi connectivity index (χ1n) is 9.02. The number of carbonyl (C=O) groups is 1. The third-order valence-electron chi connectivity index (χ3n) is 4.23. The molecular weight excluding hydrogens is 374 g/mol. The molecule has 0 unspecified atom stereocenters. The highest BCUT2D eigenvalue weighted by molar-refractivity contribution is 7.15. The van der Waals surface area contributed by atoms with Crippen molar-refractivity contribution >= 4 is 17.3 Å². The Balaban J connectivity index is 1.56. The van der Waals surface area contributed by atoms with E-state index in [1.165, 1.54) is 18.7 Å². The zero-order valence-corrected chi connectivity index (χ0v) is 17.0. The Bertz CT molecular complexity index is 933. The van der Waals surface area contributed by atoms with Crippen molar-refractivity contribution in [3.63, 3.8) is 0 Å². The summed E-state index contributed by atoms with van der Waals surface area (Å²) in [5.74, 6) is 0.181. The van der Waals surface area contributed by atoms with Gasteiger partial charge in [0.25, 0.3) is 0 Å². The van der Waals surface area contributed by atoms with Crippen LogP contribution in [0.2, 0.25) is 0 Å². The van der Waals surface area contributed by atoms with Crippen LogP contribution in [0, 0.1) is 6.92 Å². The van der Waals surface area contributed by atoms with E-state index in [2.05, 4.69) is 19.1 Å². The highest BCUT2D eigenvalue weighted by Crippen LogP contribution is 2.28. The summed E-state index contributed by atoms with van der Waals surface area (Å²) in [6, 6.07) is 17.1. The van der Waals surface area contributed by atoms with Crippen LogP contribution in [0.15, 0.2) is 54.6 Å². The van der Waals surface area contributed by atoms with Crippen LogP contribution in [0.5, 0.6) is 11.5 Å². The Kier molecular flexibility index (Phi) is 5.99. The number of aromatic nitrogens is 1. The zero-order chi connectivity index (χ0) is 20.1. The molecule has 2 aromatic carbocycles. The van der Waals surface area contributed by atoms with E-state index in [-0.39, 0.29) is 0 Å². The van der Waals surface area contributed by atoms with Gasteiger partial charge in [-0.2, -0.15) is 0 Å². The highest BCUT2D eigenvalue weighted by Gasteiger charge is 2.29. The maximum absolute atomic E-state index is 11.1. The minimum Gasteiger partial charge on any atom is -0.493 e. The van der Waals surface area contributed by atoms with Gasteiger partial charge in [-0.15, -0.1) is 11.3 Å². The van der Waals surface area contributed by atoms with Crippen LogP contribution in [0.1, 0.15) is 24.4 Å². The molecule has 1 aromatic heterocycles. The average molecular weight is 397 g/mol. The topological polar surface area (TPSA) is 68.7 Å². The summed E-state index contributed by atoms with van der Waals surface area (Å²) >= 11 is 1.69. The Hall–Kier alpha value is -2.86. The van der Waals surface area contributed by atoms with Crippen molar-refractivity contribution in [3.8, 4) is 22.1 Å². The van der Waals surface area contributed by atoms with Gasteiger partial charge in [-0.3, -0.25) is 0 Å². The third-order valence-corrected chi connectivity index (χ3v) is 5.29. The van der Waals surface area contributed by atoms with E-state index in [1.54, 1.807) is 35.6 Å². The molecule has 0 bridgehead atoms. The van der Waals surface area contributed by atoms with Crippen LogP contribution < -0.4 is 9.47 Å². The molecule has 0 fully saturated rings. The summed E-state index contributed by atoms with van der Waals surface area (Å²) in [7, 11) is 0. The number of nitrogens with zero attached hydrogens (tertiary/aromatic N) is 1. The van der Waals surface area contributed by atoms with Gasteiger partial charge >= 0.3 is 5.97 Å². The van der Waals surface area contributed by atoms with Crippen LogP contribution in [0.4, 0.5) is 0 Å². The van der Waals surface area contributed by atoms with E-state index in [0.29, 0.717) is 18.1 Å². The lowest BCUT2D eigenvalue weighted by atomic mass is 10.1. The number of carboxylic acids is 1. The lowest BCUT2D eigenvalue weighted by Crippen LogP contribution is -2.37. The number of hydrogen-bond acceptors (Lipinski definition) is 5. The quantitative estimate of drug-likeness (QED) is 0.580. The van der Waals surface area contributed by atoms with Gasteiger partial charge in [0.15, 0.2) is 5.60 Å². The molecule has 28 heavy (non-hydrogen) atoms. The van der Waals surface area contributed by atoms with Gasteiger partial charge in [0.1, 0.15) is 16.5 Å². The van der Waals surface area contributed by atoms with Crippen molar-refractivity contribution in [3.05, 3.63) is 65.2 Å². The monoisotopic (exact) mass is 397 g/mol. The molecule has 1 heterocycles. The van der Waals surface area contributed by atoms with Crippen molar-refractivity contribution in [1.29, 1.82) is 0 Å². The molecule has 0 aliphatic carbocycles. The molecular formula is C22H23NO4S. The fourth-order valence-corrected chi connectivity index (χ4v) is 3.54. The maximum Gasteiger partial charge on any atom is 0.347 e. The minimum absolute atomic E-state index is 0.489. The minimum atomic E-state index is -1.28. The van der Waals surface area contributed by atoms with Gasteiger partial charge in [-0.1, -0.05) is 30.3 Å². The summed E-state index contributed by atoms with van der Waals surface area (Å²) in [4.78, 5) is 17.1. The van der Waals surface area contributed by atoms with Crippen LogP contribution in [-0.2, 0) is 11.2 Å². The molecule has 5 nitrogen and oxygen atoms in total. The number of benzene rings is 2. The Labute approximate surface area is 168 Å². The van der Waals surface area contributed by atoms with E-state index in [1.807, 2.05) is 18.2 Å². The normalized spacial score (nSPS) is 11.2. The summed E-state index contributed by atoms with van der Waals surface area (Å²) in [6.45, 7) is 5.62. The Morgan fingerprint density at radius 3 is 2.36 bits per heavy atom. The van der Waals surface area contributed by atoms with Crippen molar-refractivity contribution in [2.75, 3.05) is 6.61 Å². The fourth-order valence-electron chi connectivity index (χ4n) is 2.57. The van der Waals surface area contributed by atoms with Crippen molar-refractivity contribution in [2.45, 2.75) is 32.8 Å². The number of ether oxygens (including phenoxy) is 2. The molecule has 6 heteroatoms. The molecule has 3 aromatic rings. The van der Waals surface area contributed by atoms with Gasteiger partial charge < -0.3 is 14.6 Å². The van der Waals surface area contributed by atoms with E-state index in [9.17, 15) is 4.79 Å². The second-order valence-corrected chi connectivity index (χ2v) is 8.08. The van der Waals surface area contributed by atoms with E-state index >= 15 is 0 Å². The molecule has 0 radical (unpaired) electrons. The second kappa shape index (κ2) is 8.44. The summed E-state index contributed by atoms with van der Waals surface area (Å²) in [5.41, 5.74) is 0.899. The lowest BCUT2D eigenvalue weighted by molar-refractivity contribution is -0.152. The number of aliphatic carboxylic acids is 1. The average Bonchev–Trinajstić information content (AvgIpc) is 3.04. The molecule has 0 atom stereocenters. The van der Waals surface area contributed by atoms with Gasteiger partial charge in [-0.05, 0) is 45.0 Å². The molecule has 0 amide bonds. The number of hydrogen-bond donors (Lipinski definition) is 1. The predicted molar refractivity (Wildman–Crippen MR) is 110 cm³/mol. The SMILES string of the molecule is Cc1sc(-c2ccccc2)nc1CCOc1ccc(OC(C)(C)C(=O)O)cc1. The predicted octanol–water partition coefficient (Wildman–Crippen LogP) is 4.98. The molecule has 0 aliphatic heterocycles. The number of aryl methyl sites for hydroxylation is 1. The molecule has 0 aliphatic rings. The Morgan fingerprint density at radius 2 is 1.71 bits per heavy atom. The van der Waals surface area contributed by atoms with Gasteiger partial charge in [-0.25, -0.2) is 9.78 Å². The largest absolute Gasteiger partial charge is 0.493 e. The van der Waals surface area contributed by atoms with Crippen LogP contribution in [-0.4, -0.2) is 28.3 Å². The Morgan fingerprint density at radius 1 is 1.07 bits per heavy atom. The van der Waals surface area contributed by atoms with Crippen LogP contribution in [0.3, 0.4) is 0 Å². The first-order valence-corrected chi connectivity index (χ1v) is 9.84. The molecule has 0 saturated carbocycles. The third kappa shape index (κ3) is 4.89. The van der Waals surface area contributed by atoms with E-state index in [0.717, 1.165) is 22.7 Å². The highest BCUT2D eigenvalue weighted by atomic mass is 32.1. The fraction of sp³-hybridized carbons (Fsp3) is 0.273. The van der Waals surface area contributed by atoms with Gasteiger partial charge in [0.05, 0.1) is 12.3 Å². The van der Waals surface area contributed by atoms with Gasteiger partial charge in [0.2, 0.25) is 0 Å².